The van der Waals surface area contributed by atoms with E-state index in [0.29, 0.717) is 68.0 Å². The molecule has 6 nitrogen and oxygen atoms in total. The largest absolute Gasteiger partial charge is 0.355 e. The van der Waals surface area contributed by atoms with Crippen LogP contribution in [0.25, 0.3) is 0 Å². The Bertz CT molecular complexity index is 1210. The van der Waals surface area contributed by atoms with Crippen LogP contribution in [0.1, 0.15) is 30.4 Å². The van der Waals surface area contributed by atoms with Crippen LogP contribution in [0.4, 0.5) is 14.5 Å². The first-order valence-corrected chi connectivity index (χ1v) is 11.8. The van der Waals surface area contributed by atoms with Crippen molar-refractivity contribution in [2.45, 2.75) is 30.6 Å². The van der Waals surface area contributed by atoms with Crippen LogP contribution >= 0.6 is 0 Å². The van der Waals surface area contributed by atoms with Gasteiger partial charge in [-0.05, 0) is 43.9 Å². The zero-order chi connectivity index (χ0) is 21.8. The Balaban J connectivity index is 1.42. The molecule has 3 aliphatic rings. The molecule has 0 radical (unpaired) electrons. The maximum absolute atomic E-state index is 14.2. The van der Waals surface area contributed by atoms with Crippen molar-refractivity contribution in [2.75, 3.05) is 24.5 Å². The number of fused-ring (bicyclic) bond motifs is 2. The minimum absolute atomic E-state index is 0.175. The van der Waals surface area contributed by atoms with E-state index >= 15 is 0 Å². The monoisotopic (exact) mass is 445 g/mol. The Kier molecular flexibility index (Phi) is 4.80. The molecule has 2 aromatic carbocycles. The summed E-state index contributed by atoms with van der Waals surface area (Å²) in [5, 5.41) is 0. The summed E-state index contributed by atoms with van der Waals surface area (Å²) in [6.07, 6.45) is 2.39. The van der Waals surface area contributed by atoms with Gasteiger partial charge >= 0.3 is 0 Å². The zero-order valence-electron chi connectivity index (χ0n) is 16.7. The third kappa shape index (κ3) is 3.40. The van der Waals surface area contributed by atoms with E-state index in [1.165, 1.54) is 17.0 Å². The van der Waals surface area contributed by atoms with Gasteiger partial charge in [-0.1, -0.05) is 12.1 Å². The number of anilines is 1. The molecule has 0 aliphatic carbocycles. The van der Waals surface area contributed by atoms with E-state index in [1.54, 1.807) is 18.2 Å². The molecule has 5 rings (SSSR count). The normalized spacial score (nSPS) is 22.0. The van der Waals surface area contributed by atoms with Crippen LogP contribution in [-0.4, -0.2) is 44.7 Å². The van der Waals surface area contributed by atoms with E-state index in [-0.39, 0.29) is 10.8 Å². The molecule has 162 valence electrons. The number of carbonyl (C=O) groups is 1. The Morgan fingerprint density at radius 1 is 1.10 bits per heavy atom. The van der Waals surface area contributed by atoms with Gasteiger partial charge in [0.25, 0.3) is 10.0 Å². The first-order valence-electron chi connectivity index (χ1n) is 10.3. The van der Waals surface area contributed by atoms with Crippen LogP contribution in [0, 0.1) is 17.6 Å². The Labute approximate surface area is 179 Å². The lowest BCUT2D eigenvalue weighted by Gasteiger charge is -2.37. The molecule has 0 aromatic heterocycles. The summed E-state index contributed by atoms with van der Waals surface area (Å²) in [7, 11) is -3.74. The number of sulfonamides is 1. The second-order valence-corrected chi connectivity index (χ2v) is 9.72. The van der Waals surface area contributed by atoms with E-state index in [1.807, 2.05) is 4.90 Å². The Hall–Kier alpha value is -2.81. The van der Waals surface area contributed by atoms with Gasteiger partial charge in [-0.15, -0.1) is 4.40 Å². The van der Waals surface area contributed by atoms with Gasteiger partial charge in [0.2, 0.25) is 5.91 Å². The predicted molar refractivity (Wildman–Crippen MR) is 111 cm³/mol. The fourth-order valence-corrected chi connectivity index (χ4v) is 5.98. The van der Waals surface area contributed by atoms with E-state index < -0.39 is 27.6 Å². The fourth-order valence-electron chi connectivity index (χ4n) is 4.75. The molecule has 0 N–H and O–H groups in total. The highest BCUT2D eigenvalue weighted by Gasteiger charge is 2.37. The van der Waals surface area contributed by atoms with Crippen molar-refractivity contribution >= 4 is 27.5 Å². The molecule has 3 aliphatic heterocycles. The van der Waals surface area contributed by atoms with Crippen LogP contribution in [-0.2, 0) is 21.2 Å². The predicted octanol–water partition coefficient (Wildman–Crippen LogP) is 3.11. The molecule has 3 heterocycles. The first-order chi connectivity index (χ1) is 14.8. The van der Waals surface area contributed by atoms with Crippen LogP contribution < -0.4 is 4.90 Å². The molecule has 9 heteroatoms. The number of amidine groups is 1. The molecule has 1 amide bonds. The van der Waals surface area contributed by atoms with Gasteiger partial charge in [0.1, 0.15) is 16.5 Å². The summed E-state index contributed by atoms with van der Waals surface area (Å²) in [5.41, 5.74) is 1.22. The fraction of sp³-hybridized carbons (Fsp3) is 0.364. The number of rotatable bonds is 1. The molecule has 0 bridgehead atoms. The molecule has 2 aromatic rings. The molecule has 0 saturated carbocycles. The number of benzene rings is 2. The quantitative estimate of drug-likeness (QED) is 0.677. The maximum Gasteiger partial charge on any atom is 0.285 e. The number of hydrogen-bond acceptors (Lipinski definition) is 4. The molecule has 1 saturated heterocycles. The minimum atomic E-state index is -3.74. The van der Waals surface area contributed by atoms with Crippen LogP contribution in [0.15, 0.2) is 45.7 Å². The zero-order valence-corrected chi connectivity index (χ0v) is 17.5. The Morgan fingerprint density at radius 3 is 2.74 bits per heavy atom. The van der Waals surface area contributed by atoms with E-state index in [2.05, 4.69) is 4.40 Å². The number of carbonyl (C=O) groups excluding carboxylic acids is 1. The molecular formula is C22H21F2N3O3S. The SMILES string of the molecule is O=C(C1CCCN(C2=NS(=O)(=O)c3ccccc32)C1)N1CCCc2c(F)cc(F)cc21. The van der Waals surface area contributed by atoms with Gasteiger partial charge in [0, 0.05) is 36.8 Å². The van der Waals surface area contributed by atoms with Gasteiger partial charge in [0.15, 0.2) is 5.84 Å². The van der Waals surface area contributed by atoms with Crippen molar-refractivity contribution in [1.82, 2.24) is 4.90 Å². The molecule has 1 fully saturated rings. The van der Waals surface area contributed by atoms with Crippen molar-refractivity contribution in [3.05, 3.63) is 59.2 Å². The van der Waals surface area contributed by atoms with Gasteiger partial charge in [-0.3, -0.25) is 4.79 Å². The van der Waals surface area contributed by atoms with Gasteiger partial charge in [-0.25, -0.2) is 8.78 Å². The highest BCUT2D eigenvalue weighted by molar-refractivity contribution is 7.90. The summed E-state index contributed by atoms with van der Waals surface area (Å²) in [4.78, 5) is 16.9. The lowest BCUT2D eigenvalue weighted by molar-refractivity contribution is -0.123. The van der Waals surface area contributed by atoms with E-state index in [4.69, 9.17) is 0 Å². The third-order valence-corrected chi connectivity index (χ3v) is 7.51. The Morgan fingerprint density at radius 2 is 1.90 bits per heavy atom. The van der Waals surface area contributed by atoms with Crippen LogP contribution in [0.5, 0.6) is 0 Å². The number of nitrogens with zero attached hydrogens (tertiary/aromatic N) is 3. The maximum atomic E-state index is 14.2. The minimum Gasteiger partial charge on any atom is -0.355 e. The summed E-state index contributed by atoms with van der Waals surface area (Å²) < 4.78 is 56.9. The second kappa shape index (κ2) is 7.40. The van der Waals surface area contributed by atoms with E-state index in [0.717, 1.165) is 6.07 Å². The number of hydrogen-bond donors (Lipinski definition) is 0. The molecular weight excluding hydrogens is 424 g/mol. The van der Waals surface area contributed by atoms with Gasteiger partial charge < -0.3 is 9.80 Å². The lowest BCUT2D eigenvalue weighted by atomic mass is 9.93. The number of amides is 1. The molecule has 1 atom stereocenters. The van der Waals surface area contributed by atoms with Crippen molar-refractivity contribution in [2.24, 2.45) is 10.3 Å². The van der Waals surface area contributed by atoms with Crippen molar-refractivity contribution in [3.63, 3.8) is 0 Å². The van der Waals surface area contributed by atoms with Crippen molar-refractivity contribution in [1.29, 1.82) is 0 Å². The molecule has 1 unspecified atom stereocenters. The van der Waals surface area contributed by atoms with Crippen molar-refractivity contribution < 1.29 is 22.0 Å². The molecule has 31 heavy (non-hydrogen) atoms. The number of halogens is 2. The van der Waals surface area contributed by atoms with Gasteiger partial charge in [0.05, 0.1) is 11.6 Å². The highest BCUT2D eigenvalue weighted by Crippen LogP contribution is 2.34. The summed E-state index contributed by atoms with van der Waals surface area (Å²) >= 11 is 0. The average Bonchev–Trinajstić information content (AvgIpc) is 3.04. The summed E-state index contributed by atoms with van der Waals surface area (Å²) in [6, 6.07) is 8.74. The smallest absolute Gasteiger partial charge is 0.285 e. The topological polar surface area (TPSA) is 70.0 Å². The van der Waals surface area contributed by atoms with Gasteiger partial charge in [-0.2, -0.15) is 8.42 Å². The number of piperidine rings is 1. The van der Waals surface area contributed by atoms with Crippen molar-refractivity contribution in [3.8, 4) is 0 Å². The lowest BCUT2D eigenvalue weighted by Crippen LogP contribution is -2.48. The summed E-state index contributed by atoms with van der Waals surface area (Å²) in [6.45, 7) is 1.31. The van der Waals surface area contributed by atoms with Crippen LogP contribution in [0.3, 0.4) is 0 Å². The standard InChI is InChI=1S/C22H21F2N3O3S/c23-15-11-18(24)16-7-4-10-27(19(16)12-15)22(28)14-5-3-9-26(13-14)21-17-6-1-2-8-20(17)31(29,30)25-21/h1-2,6,8,11-12,14H,3-5,7,9-10,13H2. The average molecular weight is 445 g/mol. The third-order valence-electron chi connectivity index (χ3n) is 6.18. The van der Waals surface area contributed by atoms with E-state index in [9.17, 15) is 22.0 Å². The molecule has 0 spiro atoms. The van der Waals surface area contributed by atoms with Crippen LogP contribution in [0.2, 0.25) is 0 Å². The second-order valence-electron chi connectivity index (χ2n) is 8.15. The first kappa shape index (κ1) is 20.1. The summed E-state index contributed by atoms with van der Waals surface area (Å²) in [5.74, 6) is -1.57. The highest BCUT2D eigenvalue weighted by atomic mass is 32.2. The number of likely N-dealkylation sites (tertiary alicyclic amines) is 1.